The monoisotopic (exact) mass is 265 g/mol. The van der Waals surface area contributed by atoms with Gasteiger partial charge >= 0.3 is 0 Å². The largest absolute Gasteiger partial charge is 0.508 e. The fourth-order valence-corrected chi connectivity index (χ4v) is 1.77. The number of phenolic OH excluding ortho intramolecular Hbond substituents is 1. The Labute approximate surface area is 115 Å². The molecule has 0 aliphatic rings. The number of benzene rings is 1. The van der Waals surface area contributed by atoms with Gasteiger partial charge in [-0.2, -0.15) is 0 Å². The second-order valence-electron chi connectivity index (χ2n) is 4.63. The van der Waals surface area contributed by atoms with Crippen molar-refractivity contribution in [3.63, 3.8) is 0 Å². The van der Waals surface area contributed by atoms with Gasteiger partial charge < -0.3 is 14.7 Å². The summed E-state index contributed by atoms with van der Waals surface area (Å²) in [5.74, 6) is 0.301. The molecule has 0 bridgehead atoms. The van der Waals surface area contributed by atoms with Crippen LogP contribution in [0, 0.1) is 0 Å². The van der Waals surface area contributed by atoms with Gasteiger partial charge in [0.1, 0.15) is 5.75 Å². The fourth-order valence-electron chi connectivity index (χ4n) is 1.77. The zero-order chi connectivity index (χ0) is 14.3. The maximum absolute atomic E-state index is 12.0. The van der Waals surface area contributed by atoms with Crippen molar-refractivity contribution in [2.75, 3.05) is 20.3 Å². The number of amides is 1. The minimum Gasteiger partial charge on any atom is -0.508 e. The Morgan fingerprint density at radius 3 is 2.53 bits per heavy atom. The molecule has 1 N–H and O–H groups in total. The fraction of sp³-hybridized carbons (Fsp3) is 0.533. The molecule has 0 saturated carbocycles. The van der Waals surface area contributed by atoms with Crippen molar-refractivity contribution in [1.82, 2.24) is 4.90 Å². The van der Waals surface area contributed by atoms with Crippen molar-refractivity contribution in [1.29, 1.82) is 0 Å². The van der Waals surface area contributed by atoms with E-state index < -0.39 is 0 Å². The minimum atomic E-state index is -0.0146. The Morgan fingerprint density at radius 1 is 1.32 bits per heavy atom. The Morgan fingerprint density at radius 2 is 1.95 bits per heavy atom. The zero-order valence-electron chi connectivity index (χ0n) is 11.9. The third-order valence-electron chi connectivity index (χ3n) is 3.16. The molecule has 0 saturated heterocycles. The van der Waals surface area contributed by atoms with Crippen LogP contribution < -0.4 is 0 Å². The first-order chi connectivity index (χ1) is 9.06. The molecule has 0 aromatic heterocycles. The quantitative estimate of drug-likeness (QED) is 0.771. The average Bonchev–Trinajstić information content (AvgIpc) is 2.42. The van der Waals surface area contributed by atoms with Crippen LogP contribution in [0.5, 0.6) is 5.75 Å². The van der Waals surface area contributed by atoms with Gasteiger partial charge in [-0.05, 0) is 31.0 Å². The maximum atomic E-state index is 12.0. The first-order valence-electron chi connectivity index (χ1n) is 6.68. The summed E-state index contributed by atoms with van der Waals surface area (Å²) in [7, 11) is 1.79. The topological polar surface area (TPSA) is 49.8 Å². The van der Waals surface area contributed by atoms with Gasteiger partial charge in [-0.25, -0.2) is 0 Å². The number of ether oxygens (including phenoxy) is 1. The number of rotatable bonds is 7. The van der Waals surface area contributed by atoms with Gasteiger partial charge in [0.25, 0.3) is 0 Å². The van der Waals surface area contributed by atoms with Gasteiger partial charge in [-0.1, -0.05) is 19.1 Å². The Balaban J connectivity index is 2.49. The summed E-state index contributed by atoms with van der Waals surface area (Å²) in [4.78, 5) is 13.7. The molecule has 4 nitrogen and oxygen atoms in total. The van der Waals surface area contributed by atoms with Crippen molar-refractivity contribution < 1.29 is 14.6 Å². The molecule has 0 fully saturated rings. The lowest BCUT2D eigenvalue weighted by Crippen LogP contribution is -2.30. The van der Waals surface area contributed by atoms with Crippen LogP contribution in [0.1, 0.15) is 38.3 Å². The zero-order valence-corrected chi connectivity index (χ0v) is 11.9. The molecule has 1 aromatic rings. The van der Waals surface area contributed by atoms with E-state index in [1.165, 1.54) is 0 Å². The number of hydrogen-bond acceptors (Lipinski definition) is 3. The number of nitrogens with zero attached hydrogens (tertiary/aromatic N) is 1. The predicted molar refractivity (Wildman–Crippen MR) is 75.0 cm³/mol. The second-order valence-corrected chi connectivity index (χ2v) is 4.63. The van der Waals surface area contributed by atoms with Crippen LogP contribution in [-0.4, -0.2) is 36.2 Å². The van der Waals surface area contributed by atoms with Gasteiger partial charge in [-0.15, -0.1) is 0 Å². The Hall–Kier alpha value is -1.55. The molecule has 0 aliphatic heterocycles. The summed E-state index contributed by atoms with van der Waals surface area (Å²) in [6.45, 7) is 5.18. The first-order valence-corrected chi connectivity index (χ1v) is 6.68. The van der Waals surface area contributed by atoms with Crippen LogP contribution in [0.15, 0.2) is 24.3 Å². The molecule has 1 unspecified atom stereocenters. The number of carbonyl (C=O) groups is 1. The molecular weight excluding hydrogens is 242 g/mol. The number of hydrogen-bond donors (Lipinski definition) is 1. The summed E-state index contributed by atoms with van der Waals surface area (Å²) < 4.78 is 5.32. The van der Waals surface area contributed by atoms with E-state index in [2.05, 4.69) is 0 Å². The van der Waals surface area contributed by atoms with Gasteiger partial charge in [0, 0.05) is 13.7 Å². The highest BCUT2D eigenvalue weighted by atomic mass is 16.5. The van der Waals surface area contributed by atoms with Crippen molar-refractivity contribution in [3.05, 3.63) is 29.8 Å². The normalized spacial score (nSPS) is 12.2. The van der Waals surface area contributed by atoms with E-state index in [-0.39, 0.29) is 17.7 Å². The molecular formula is C15H23NO3. The minimum absolute atomic E-state index is 0.0146. The summed E-state index contributed by atoms with van der Waals surface area (Å²) in [6.07, 6.45) is 1.37. The van der Waals surface area contributed by atoms with E-state index in [4.69, 9.17) is 4.74 Å². The van der Waals surface area contributed by atoms with Crippen molar-refractivity contribution >= 4 is 5.91 Å². The average molecular weight is 265 g/mol. The maximum Gasteiger partial charge on any atom is 0.225 e. The third kappa shape index (κ3) is 4.91. The second kappa shape index (κ2) is 7.79. The van der Waals surface area contributed by atoms with Crippen LogP contribution in [-0.2, 0) is 9.53 Å². The first kappa shape index (κ1) is 15.5. The highest BCUT2D eigenvalue weighted by Crippen LogP contribution is 2.21. The predicted octanol–water partition coefficient (Wildman–Crippen LogP) is 2.73. The highest BCUT2D eigenvalue weighted by Gasteiger charge is 2.16. The molecule has 19 heavy (non-hydrogen) atoms. The summed E-state index contributed by atoms with van der Waals surface area (Å²) in [5.41, 5.74) is 1.00. The van der Waals surface area contributed by atoms with Crippen molar-refractivity contribution in [2.45, 2.75) is 32.7 Å². The van der Waals surface area contributed by atoms with E-state index in [1.807, 2.05) is 26.0 Å². The molecule has 1 atom stereocenters. The van der Waals surface area contributed by atoms with E-state index in [1.54, 1.807) is 24.1 Å². The molecule has 4 heteroatoms. The van der Waals surface area contributed by atoms with Gasteiger partial charge in [-0.3, -0.25) is 4.79 Å². The molecule has 0 radical (unpaired) electrons. The molecule has 106 valence electrons. The number of aromatic hydroxyl groups is 1. The van der Waals surface area contributed by atoms with Gasteiger partial charge in [0.2, 0.25) is 5.91 Å². The molecule has 0 heterocycles. The van der Waals surface area contributed by atoms with Crippen LogP contribution >= 0.6 is 0 Å². The lowest BCUT2D eigenvalue weighted by Gasteiger charge is -2.25. The van der Waals surface area contributed by atoms with Crippen LogP contribution in [0.2, 0.25) is 0 Å². The highest BCUT2D eigenvalue weighted by molar-refractivity contribution is 5.76. The lowest BCUT2D eigenvalue weighted by molar-refractivity contribution is -0.132. The lowest BCUT2D eigenvalue weighted by atomic mass is 10.1. The van der Waals surface area contributed by atoms with Crippen molar-refractivity contribution in [2.24, 2.45) is 0 Å². The van der Waals surface area contributed by atoms with Gasteiger partial charge in [0.15, 0.2) is 0 Å². The van der Waals surface area contributed by atoms with Crippen LogP contribution in [0.4, 0.5) is 0 Å². The van der Waals surface area contributed by atoms with Crippen molar-refractivity contribution in [3.8, 4) is 5.75 Å². The molecule has 0 aliphatic carbocycles. The molecule has 1 rings (SSSR count). The van der Waals surface area contributed by atoms with Gasteiger partial charge in [0.05, 0.1) is 19.1 Å². The summed E-state index contributed by atoms with van der Waals surface area (Å²) in [6, 6.07) is 6.91. The molecule has 0 spiro atoms. The van der Waals surface area contributed by atoms with Crippen LogP contribution in [0.25, 0.3) is 0 Å². The van der Waals surface area contributed by atoms with Crippen LogP contribution in [0.3, 0.4) is 0 Å². The standard InChI is InChI=1S/C15H23NO3/c1-4-10-19-11-9-15(18)16(3)12(2)13-5-7-14(17)8-6-13/h5-8,12,17H,4,9-11H2,1-3H3. The molecule has 1 aromatic carbocycles. The number of carbonyl (C=O) groups excluding carboxylic acids is 1. The van der Waals surface area contributed by atoms with E-state index in [0.29, 0.717) is 19.6 Å². The Kier molecular flexibility index (Phi) is 6.36. The Bertz CT molecular complexity index is 389. The molecule has 1 amide bonds. The van der Waals surface area contributed by atoms with E-state index in [0.717, 1.165) is 12.0 Å². The SMILES string of the molecule is CCCOCCC(=O)N(C)C(C)c1ccc(O)cc1. The van der Waals surface area contributed by atoms with E-state index in [9.17, 15) is 9.90 Å². The smallest absolute Gasteiger partial charge is 0.225 e. The van der Waals surface area contributed by atoms with E-state index >= 15 is 0 Å². The number of phenols is 1. The summed E-state index contributed by atoms with van der Waals surface area (Å²) >= 11 is 0. The third-order valence-corrected chi connectivity index (χ3v) is 3.16. The summed E-state index contributed by atoms with van der Waals surface area (Å²) in [5, 5.41) is 9.26.